The number of rotatable bonds is 0. The van der Waals surface area contributed by atoms with E-state index in [2.05, 4.69) is 0 Å². The first kappa shape index (κ1) is 13.6. The van der Waals surface area contributed by atoms with Gasteiger partial charge >= 0.3 is 11.9 Å². The lowest BCUT2D eigenvalue weighted by atomic mass is 9.39. The highest BCUT2D eigenvalue weighted by Gasteiger charge is 2.70. The maximum Gasteiger partial charge on any atom is 0.347 e. The summed E-state index contributed by atoms with van der Waals surface area (Å²) < 4.78 is 10.5. The fourth-order valence-electron chi connectivity index (χ4n) is 4.30. The van der Waals surface area contributed by atoms with Crippen LogP contribution in [-0.4, -0.2) is 30.4 Å². The Balaban J connectivity index is 1.99. The van der Waals surface area contributed by atoms with E-state index in [0.717, 1.165) is 6.42 Å². The number of ether oxygens (including phenoxy) is 2. The minimum absolute atomic E-state index is 0.171. The zero-order chi connectivity index (χ0) is 14.5. The van der Waals surface area contributed by atoms with Crippen LogP contribution in [0.2, 0.25) is 0 Å². The largest absolute Gasteiger partial charge is 0.463 e. The van der Waals surface area contributed by atoms with E-state index in [1.165, 1.54) is 6.92 Å². The molecule has 0 aromatic heterocycles. The minimum Gasteiger partial charge on any atom is -0.463 e. The van der Waals surface area contributed by atoms with Crippen LogP contribution in [0.5, 0.6) is 0 Å². The Bertz CT molecular complexity index is 485. The Morgan fingerprint density at radius 3 is 2.70 bits per heavy atom. The van der Waals surface area contributed by atoms with Crippen molar-refractivity contribution in [1.82, 2.24) is 0 Å². The van der Waals surface area contributed by atoms with Crippen molar-refractivity contribution in [3.63, 3.8) is 0 Å². The molecule has 110 valence electrons. The van der Waals surface area contributed by atoms with Gasteiger partial charge in [0.05, 0.1) is 12.0 Å². The molecule has 1 heterocycles. The number of hydrogen-bond donors (Lipinski definition) is 0. The molecule has 1 aliphatic heterocycles. The van der Waals surface area contributed by atoms with Gasteiger partial charge in [0.2, 0.25) is 0 Å². The predicted octanol–water partition coefficient (Wildman–Crippen LogP) is 1.63. The van der Waals surface area contributed by atoms with Gasteiger partial charge < -0.3 is 9.47 Å². The first-order valence-corrected chi connectivity index (χ1v) is 7.31. The molecule has 1 saturated heterocycles. The Kier molecular flexibility index (Phi) is 2.92. The molecule has 3 fully saturated rings. The van der Waals surface area contributed by atoms with Crippen molar-refractivity contribution in [2.75, 3.05) is 6.61 Å². The molecule has 3 aliphatic rings. The molecule has 5 heteroatoms. The summed E-state index contributed by atoms with van der Waals surface area (Å²) >= 11 is 0. The van der Waals surface area contributed by atoms with Crippen LogP contribution in [0.3, 0.4) is 0 Å². The molecule has 2 aliphatic carbocycles. The highest BCUT2D eigenvalue weighted by atomic mass is 16.6. The summed E-state index contributed by atoms with van der Waals surface area (Å²) in [6.07, 6.45) is 2.39. The first-order chi connectivity index (χ1) is 9.41. The first-order valence-electron chi connectivity index (χ1n) is 7.31. The van der Waals surface area contributed by atoms with Crippen LogP contribution in [0.15, 0.2) is 0 Å². The fraction of sp³-hybridized carbons (Fsp3) is 0.800. The summed E-state index contributed by atoms with van der Waals surface area (Å²) in [6.45, 7) is 3.84. The van der Waals surface area contributed by atoms with E-state index in [9.17, 15) is 14.4 Å². The quantitative estimate of drug-likeness (QED) is 0.631. The van der Waals surface area contributed by atoms with Gasteiger partial charge in [0.25, 0.3) is 0 Å². The van der Waals surface area contributed by atoms with E-state index in [1.807, 2.05) is 6.92 Å². The average molecular weight is 280 g/mol. The molecule has 0 unspecified atom stereocenters. The zero-order valence-corrected chi connectivity index (χ0v) is 11.9. The molecule has 20 heavy (non-hydrogen) atoms. The van der Waals surface area contributed by atoms with Crippen molar-refractivity contribution in [1.29, 1.82) is 0 Å². The van der Waals surface area contributed by atoms with Gasteiger partial charge in [0.15, 0.2) is 6.10 Å². The monoisotopic (exact) mass is 280 g/mol. The fourth-order valence-corrected chi connectivity index (χ4v) is 4.30. The van der Waals surface area contributed by atoms with E-state index in [0.29, 0.717) is 32.3 Å². The van der Waals surface area contributed by atoms with Gasteiger partial charge in [-0.3, -0.25) is 9.59 Å². The van der Waals surface area contributed by atoms with Crippen molar-refractivity contribution in [2.45, 2.75) is 52.1 Å². The Hall–Kier alpha value is -1.39. The predicted molar refractivity (Wildman–Crippen MR) is 68.6 cm³/mol. The molecular formula is C15H20O5. The smallest absolute Gasteiger partial charge is 0.347 e. The van der Waals surface area contributed by atoms with Crippen molar-refractivity contribution in [3.8, 4) is 0 Å². The molecule has 3 rings (SSSR count). The van der Waals surface area contributed by atoms with Crippen LogP contribution in [0.4, 0.5) is 0 Å². The number of carbonyl (C=O) groups excluding carboxylic acids is 3. The minimum atomic E-state index is -0.891. The van der Waals surface area contributed by atoms with Crippen LogP contribution in [0.1, 0.15) is 46.0 Å². The number of hydrogen-bond acceptors (Lipinski definition) is 5. The van der Waals surface area contributed by atoms with Crippen molar-refractivity contribution >= 4 is 17.7 Å². The van der Waals surface area contributed by atoms with E-state index >= 15 is 0 Å². The lowest BCUT2D eigenvalue weighted by Crippen LogP contribution is -2.65. The second kappa shape index (κ2) is 4.30. The van der Waals surface area contributed by atoms with Crippen LogP contribution in [0, 0.1) is 16.7 Å². The van der Waals surface area contributed by atoms with Crippen LogP contribution >= 0.6 is 0 Å². The summed E-state index contributed by atoms with van der Waals surface area (Å²) in [5.41, 5.74) is -1.03. The number of cyclic esters (lactones) is 2. The van der Waals surface area contributed by atoms with Crippen molar-refractivity contribution in [3.05, 3.63) is 0 Å². The van der Waals surface area contributed by atoms with Gasteiger partial charge in [-0.25, -0.2) is 4.79 Å². The van der Waals surface area contributed by atoms with Gasteiger partial charge in [-0.1, -0.05) is 6.92 Å². The molecule has 2 saturated carbocycles. The zero-order valence-electron chi connectivity index (χ0n) is 11.9. The summed E-state index contributed by atoms with van der Waals surface area (Å²) in [4.78, 5) is 36.4. The van der Waals surface area contributed by atoms with Gasteiger partial charge in [-0.2, -0.15) is 0 Å². The molecule has 5 nitrogen and oxygen atoms in total. The van der Waals surface area contributed by atoms with Crippen molar-refractivity contribution < 1.29 is 23.9 Å². The number of esters is 2. The van der Waals surface area contributed by atoms with Crippen LogP contribution in [0.25, 0.3) is 0 Å². The SMILES string of the molecule is C[C@@H]1OC(=O)[C@@]23CCCC(=O)[C@@H]2C[C@@]3(C)CCOC1=O. The van der Waals surface area contributed by atoms with Gasteiger partial charge in [0, 0.05) is 12.3 Å². The lowest BCUT2D eigenvalue weighted by molar-refractivity contribution is -0.209. The summed E-state index contributed by atoms with van der Waals surface area (Å²) in [5, 5.41) is 0. The topological polar surface area (TPSA) is 69.7 Å². The van der Waals surface area contributed by atoms with Gasteiger partial charge in [-0.15, -0.1) is 0 Å². The molecular weight excluding hydrogens is 260 g/mol. The van der Waals surface area contributed by atoms with E-state index in [1.54, 1.807) is 0 Å². The third-order valence-electron chi connectivity index (χ3n) is 5.59. The van der Waals surface area contributed by atoms with Crippen LogP contribution in [-0.2, 0) is 23.9 Å². The van der Waals surface area contributed by atoms with E-state index in [4.69, 9.17) is 9.47 Å². The van der Waals surface area contributed by atoms with Crippen molar-refractivity contribution in [2.24, 2.45) is 16.7 Å². The summed E-state index contributed by atoms with van der Waals surface area (Å²) in [5.74, 6) is -0.937. The second-order valence-corrected chi connectivity index (χ2v) is 6.57. The Labute approximate surface area is 118 Å². The molecule has 0 N–H and O–H groups in total. The van der Waals surface area contributed by atoms with E-state index in [-0.39, 0.29) is 23.1 Å². The number of Topliss-reactive ketones (excluding diaryl/α,β-unsaturated/α-hetero) is 1. The molecule has 1 spiro atoms. The number of ketones is 1. The van der Waals surface area contributed by atoms with E-state index < -0.39 is 17.5 Å². The lowest BCUT2D eigenvalue weighted by Gasteiger charge is -2.62. The second-order valence-electron chi connectivity index (χ2n) is 6.57. The number of carbonyl (C=O) groups is 3. The van der Waals surface area contributed by atoms with Gasteiger partial charge in [-0.05, 0) is 38.0 Å². The van der Waals surface area contributed by atoms with Crippen LogP contribution < -0.4 is 0 Å². The Morgan fingerprint density at radius 1 is 1.20 bits per heavy atom. The molecule has 0 aromatic carbocycles. The standard InChI is InChI=1S/C15H20O5/c1-9-12(17)19-7-6-14(2)8-10-11(16)4-3-5-15(10,14)13(18)20-9/h9-10H,3-8H2,1-2H3/t9-,10-,14+,15+/m0/s1. The normalized spacial score (nSPS) is 44.8. The Morgan fingerprint density at radius 2 is 1.95 bits per heavy atom. The average Bonchev–Trinajstić information content (AvgIpc) is 2.40. The van der Waals surface area contributed by atoms with Gasteiger partial charge in [0.1, 0.15) is 5.78 Å². The highest BCUT2D eigenvalue weighted by Crippen LogP contribution is 2.67. The molecule has 4 atom stereocenters. The molecule has 0 bridgehead atoms. The third kappa shape index (κ3) is 1.58. The maximum atomic E-state index is 12.7. The molecule has 0 radical (unpaired) electrons. The third-order valence-corrected chi connectivity index (χ3v) is 5.59. The summed E-state index contributed by atoms with van der Waals surface area (Å²) in [6, 6.07) is 0. The molecule has 0 amide bonds. The maximum absolute atomic E-state index is 12.7. The summed E-state index contributed by atoms with van der Waals surface area (Å²) in [7, 11) is 0. The highest BCUT2D eigenvalue weighted by molar-refractivity contribution is 5.94. The molecule has 0 aromatic rings.